The highest BCUT2D eigenvalue weighted by atomic mass is 19.4. The third-order valence-corrected chi connectivity index (χ3v) is 4.65. The van der Waals surface area contributed by atoms with Gasteiger partial charge < -0.3 is 20.7 Å². The summed E-state index contributed by atoms with van der Waals surface area (Å²) in [5, 5.41) is 18.4. The quantitative estimate of drug-likeness (QED) is 0.443. The lowest BCUT2D eigenvalue weighted by atomic mass is 9.93. The number of aliphatic hydroxyl groups is 2. The van der Waals surface area contributed by atoms with Gasteiger partial charge in [-0.25, -0.2) is 0 Å². The molecular weight excluding hydrogens is 359 g/mol. The van der Waals surface area contributed by atoms with Gasteiger partial charge in [-0.1, -0.05) is 45.1 Å². The molecule has 0 saturated heterocycles. The molecule has 0 unspecified atom stereocenters. The van der Waals surface area contributed by atoms with Crippen LogP contribution in [0.2, 0.25) is 0 Å². The van der Waals surface area contributed by atoms with E-state index < -0.39 is 30.5 Å². The Labute approximate surface area is 159 Å². The summed E-state index contributed by atoms with van der Waals surface area (Å²) in [4.78, 5) is 0. The van der Waals surface area contributed by atoms with Crippen LogP contribution < -0.4 is 10.5 Å². The van der Waals surface area contributed by atoms with E-state index in [4.69, 9.17) is 10.5 Å². The van der Waals surface area contributed by atoms with Crippen LogP contribution in [-0.4, -0.2) is 35.6 Å². The Morgan fingerprint density at radius 1 is 1.00 bits per heavy atom. The number of hydrogen-bond acceptors (Lipinski definition) is 4. The van der Waals surface area contributed by atoms with Crippen molar-refractivity contribution in [1.82, 2.24) is 0 Å². The van der Waals surface area contributed by atoms with Gasteiger partial charge in [0.15, 0.2) is 0 Å². The SMILES string of the molecule is CCCCCCCCOc1ccc(CCC(N)(CO)CO)cc1C(F)(F)F. The number of ether oxygens (including phenoxy) is 1. The highest BCUT2D eigenvalue weighted by molar-refractivity contribution is 5.39. The maximum Gasteiger partial charge on any atom is 0.419 e. The molecule has 0 fully saturated rings. The third-order valence-electron chi connectivity index (χ3n) is 4.65. The van der Waals surface area contributed by atoms with Crippen molar-refractivity contribution in [3.05, 3.63) is 29.3 Å². The Hall–Kier alpha value is -1.31. The van der Waals surface area contributed by atoms with E-state index in [0.29, 0.717) is 5.56 Å². The van der Waals surface area contributed by atoms with Gasteiger partial charge in [-0.3, -0.25) is 0 Å². The first-order chi connectivity index (χ1) is 12.8. The number of unbranched alkanes of at least 4 members (excludes halogenated alkanes) is 5. The van der Waals surface area contributed by atoms with Crippen LogP contribution in [0.3, 0.4) is 0 Å². The molecule has 1 rings (SSSR count). The van der Waals surface area contributed by atoms with Gasteiger partial charge in [-0.05, 0) is 37.0 Å². The number of halogens is 3. The monoisotopic (exact) mass is 391 g/mol. The summed E-state index contributed by atoms with van der Waals surface area (Å²) in [5.74, 6) is -0.164. The molecule has 4 N–H and O–H groups in total. The van der Waals surface area contributed by atoms with Gasteiger partial charge in [-0.2, -0.15) is 13.2 Å². The fourth-order valence-corrected chi connectivity index (χ4v) is 2.75. The molecule has 0 aliphatic carbocycles. The maximum absolute atomic E-state index is 13.4. The molecular formula is C20H32F3NO3. The predicted octanol–water partition coefficient (Wildman–Crippen LogP) is 4.06. The predicted molar refractivity (Wildman–Crippen MR) is 99.7 cm³/mol. The Morgan fingerprint density at radius 3 is 2.22 bits per heavy atom. The lowest BCUT2D eigenvalue weighted by Gasteiger charge is -2.24. The summed E-state index contributed by atoms with van der Waals surface area (Å²) in [7, 11) is 0. The van der Waals surface area contributed by atoms with E-state index in [1.165, 1.54) is 12.5 Å². The summed E-state index contributed by atoms with van der Waals surface area (Å²) >= 11 is 0. The largest absolute Gasteiger partial charge is 0.493 e. The van der Waals surface area contributed by atoms with Crippen molar-refractivity contribution in [2.75, 3.05) is 19.8 Å². The van der Waals surface area contributed by atoms with Gasteiger partial charge in [-0.15, -0.1) is 0 Å². The number of rotatable bonds is 13. The number of hydrogen-bond donors (Lipinski definition) is 3. The smallest absolute Gasteiger partial charge is 0.419 e. The van der Waals surface area contributed by atoms with Gasteiger partial charge in [0.25, 0.3) is 0 Å². The van der Waals surface area contributed by atoms with Crippen LogP contribution in [0.5, 0.6) is 5.75 Å². The van der Waals surface area contributed by atoms with E-state index in [9.17, 15) is 23.4 Å². The van der Waals surface area contributed by atoms with E-state index >= 15 is 0 Å². The van der Waals surface area contributed by atoms with Crippen molar-refractivity contribution in [1.29, 1.82) is 0 Å². The van der Waals surface area contributed by atoms with Crippen LogP contribution >= 0.6 is 0 Å². The number of alkyl halides is 3. The minimum Gasteiger partial charge on any atom is -0.493 e. The van der Waals surface area contributed by atoms with Crippen molar-refractivity contribution in [2.45, 2.75) is 70.0 Å². The highest BCUT2D eigenvalue weighted by Gasteiger charge is 2.35. The molecule has 0 aliphatic heterocycles. The first-order valence-corrected chi connectivity index (χ1v) is 9.59. The van der Waals surface area contributed by atoms with Gasteiger partial charge in [0.1, 0.15) is 5.75 Å². The minimum atomic E-state index is -4.51. The molecule has 0 atom stereocenters. The fourth-order valence-electron chi connectivity index (χ4n) is 2.75. The molecule has 0 heterocycles. The number of aryl methyl sites for hydroxylation is 1. The molecule has 0 aliphatic rings. The molecule has 4 nitrogen and oxygen atoms in total. The summed E-state index contributed by atoms with van der Waals surface area (Å²) < 4.78 is 45.5. The average Bonchev–Trinajstić information content (AvgIpc) is 2.65. The molecule has 0 saturated carbocycles. The minimum absolute atomic E-state index is 0.164. The molecule has 0 bridgehead atoms. The van der Waals surface area contributed by atoms with Gasteiger partial charge in [0.05, 0.1) is 30.9 Å². The van der Waals surface area contributed by atoms with Crippen LogP contribution in [0.15, 0.2) is 18.2 Å². The molecule has 0 amide bonds. The summed E-state index contributed by atoms with van der Waals surface area (Å²) in [6.45, 7) is 1.52. The lowest BCUT2D eigenvalue weighted by molar-refractivity contribution is -0.139. The molecule has 0 spiro atoms. The van der Waals surface area contributed by atoms with Crippen molar-refractivity contribution in [3.63, 3.8) is 0 Å². The topological polar surface area (TPSA) is 75.7 Å². The Morgan fingerprint density at radius 2 is 1.63 bits per heavy atom. The van der Waals surface area contributed by atoms with Crippen molar-refractivity contribution >= 4 is 0 Å². The Balaban J connectivity index is 2.68. The molecule has 27 heavy (non-hydrogen) atoms. The highest BCUT2D eigenvalue weighted by Crippen LogP contribution is 2.37. The van der Waals surface area contributed by atoms with E-state index in [-0.39, 0.29) is 25.2 Å². The van der Waals surface area contributed by atoms with Gasteiger partial charge in [0.2, 0.25) is 0 Å². The number of nitrogens with two attached hydrogens (primary N) is 1. The van der Waals surface area contributed by atoms with E-state index in [0.717, 1.165) is 38.2 Å². The van der Waals surface area contributed by atoms with Crippen molar-refractivity contribution in [3.8, 4) is 5.75 Å². The van der Waals surface area contributed by atoms with Crippen molar-refractivity contribution in [2.24, 2.45) is 5.73 Å². The Bertz CT molecular complexity index is 546. The summed E-state index contributed by atoms with van der Waals surface area (Å²) in [6.07, 6.45) is 2.10. The molecule has 0 radical (unpaired) electrons. The standard InChI is InChI=1S/C20H32F3NO3/c1-2-3-4-5-6-7-12-27-18-9-8-16(13-17(18)20(21,22)23)10-11-19(24,14-25)15-26/h8-9,13,25-26H,2-7,10-12,14-15,24H2,1H3. The average molecular weight is 391 g/mol. The first kappa shape index (κ1) is 23.7. The number of benzene rings is 1. The molecule has 0 aromatic heterocycles. The zero-order chi connectivity index (χ0) is 20.3. The van der Waals surface area contributed by atoms with E-state index in [2.05, 4.69) is 6.92 Å². The zero-order valence-corrected chi connectivity index (χ0v) is 16.0. The fraction of sp³-hybridized carbons (Fsp3) is 0.700. The lowest BCUT2D eigenvalue weighted by Crippen LogP contribution is -2.47. The third kappa shape index (κ3) is 8.49. The Kier molecular flexibility index (Phi) is 10.1. The molecule has 1 aromatic rings. The van der Waals surface area contributed by atoms with Gasteiger partial charge in [0, 0.05) is 0 Å². The second-order valence-corrected chi connectivity index (χ2v) is 7.12. The first-order valence-electron chi connectivity index (χ1n) is 9.59. The maximum atomic E-state index is 13.4. The summed E-state index contributed by atoms with van der Waals surface area (Å²) in [6, 6.07) is 3.97. The number of aliphatic hydroxyl groups excluding tert-OH is 2. The van der Waals surface area contributed by atoms with Crippen LogP contribution in [0, 0.1) is 0 Å². The van der Waals surface area contributed by atoms with E-state index in [1.807, 2.05) is 0 Å². The van der Waals surface area contributed by atoms with E-state index in [1.54, 1.807) is 6.07 Å². The second-order valence-electron chi connectivity index (χ2n) is 7.12. The zero-order valence-electron chi connectivity index (χ0n) is 16.0. The normalized spacial score (nSPS) is 12.4. The van der Waals surface area contributed by atoms with Crippen LogP contribution in [-0.2, 0) is 12.6 Å². The molecule has 156 valence electrons. The molecule has 1 aromatic carbocycles. The van der Waals surface area contributed by atoms with Crippen LogP contribution in [0.1, 0.15) is 63.0 Å². The molecule has 7 heteroatoms. The van der Waals surface area contributed by atoms with Crippen molar-refractivity contribution < 1.29 is 28.1 Å². The second kappa shape index (κ2) is 11.5. The van der Waals surface area contributed by atoms with Crippen LogP contribution in [0.25, 0.3) is 0 Å². The summed E-state index contributed by atoms with van der Waals surface area (Å²) in [5.41, 5.74) is 4.20. The van der Waals surface area contributed by atoms with Crippen LogP contribution in [0.4, 0.5) is 13.2 Å². The van der Waals surface area contributed by atoms with Gasteiger partial charge >= 0.3 is 6.18 Å².